The third-order valence-electron chi connectivity index (χ3n) is 2.96. The van der Waals surface area contributed by atoms with Crippen LogP contribution in [0.1, 0.15) is 19.4 Å². The van der Waals surface area contributed by atoms with Crippen LogP contribution in [0.15, 0.2) is 24.4 Å². The molecule has 108 valence electrons. The van der Waals surface area contributed by atoms with Crippen LogP contribution in [0.4, 0.5) is 8.78 Å². The van der Waals surface area contributed by atoms with E-state index in [-0.39, 0.29) is 5.56 Å². The second-order valence-electron chi connectivity index (χ2n) is 5.33. The van der Waals surface area contributed by atoms with Crippen molar-refractivity contribution in [3.63, 3.8) is 0 Å². The summed E-state index contributed by atoms with van der Waals surface area (Å²) in [6.07, 6.45) is 1.83. The van der Waals surface area contributed by atoms with Gasteiger partial charge in [0.15, 0.2) is 0 Å². The molecule has 0 fully saturated rings. The molecule has 20 heavy (non-hydrogen) atoms. The van der Waals surface area contributed by atoms with E-state index in [0.29, 0.717) is 18.2 Å². The molecule has 0 unspecified atom stereocenters. The van der Waals surface area contributed by atoms with Crippen LogP contribution in [0.25, 0.3) is 11.3 Å². The van der Waals surface area contributed by atoms with E-state index in [9.17, 15) is 8.78 Å². The lowest BCUT2D eigenvalue weighted by Gasteiger charge is -2.08. The van der Waals surface area contributed by atoms with Crippen LogP contribution in [0, 0.1) is 17.6 Å². The SMILES string of the molecule is CC(C)CNCc1cn(C)nc1-c1cc(F)ccc1F. The van der Waals surface area contributed by atoms with Crippen molar-refractivity contribution < 1.29 is 8.78 Å². The zero-order valence-corrected chi connectivity index (χ0v) is 12.0. The molecule has 0 bridgehead atoms. The number of aromatic nitrogens is 2. The van der Waals surface area contributed by atoms with E-state index in [2.05, 4.69) is 24.3 Å². The Balaban J connectivity index is 2.29. The predicted octanol–water partition coefficient (Wildman–Crippen LogP) is 3.11. The lowest BCUT2D eigenvalue weighted by atomic mass is 10.1. The largest absolute Gasteiger partial charge is 0.312 e. The average Bonchev–Trinajstić information content (AvgIpc) is 2.73. The molecular weight excluding hydrogens is 260 g/mol. The van der Waals surface area contributed by atoms with Gasteiger partial charge >= 0.3 is 0 Å². The van der Waals surface area contributed by atoms with Crippen molar-refractivity contribution in [1.82, 2.24) is 15.1 Å². The van der Waals surface area contributed by atoms with E-state index in [4.69, 9.17) is 0 Å². The van der Waals surface area contributed by atoms with Crippen LogP contribution in [0.5, 0.6) is 0 Å². The van der Waals surface area contributed by atoms with Gasteiger partial charge in [-0.1, -0.05) is 13.8 Å². The highest BCUT2D eigenvalue weighted by Crippen LogP contribution is 2.25. The van der Waals surface area contributed by atoms with Gasteiger partial charge in [0, 0.05) is 30.9 Å². The standard InChI is InChI=1S/C15H19F2N3/c1-10(2)7-18-8-11-9-20(3)19-15(11)13-6-12(16)4-5-14(13)17/h4-6,9-10,18H,7-8H2,1-3H3. The average molecular weight is 279 g/mol. The summed E-state index contributed by atoms with van der Waals surface area (Å²) in [5.74, 6) is -0.399. The molecule has 3 nitrogen and oxygen atoms in total. The molecule has 5 heteroatoms. The van der Waals surface area contributed by atoms with Crippen LogP contribution in [-0.4, -0.2) is 16.3 Å². The number of nitrogens with one attached hydrogen (secondary N) is 1. The maximum Gasteiger partial charge on any atom is 0.132 e. The second kappa shape index (κ2) is 6.13. The number of hydrogen-bond donors (Lipinski definition) is 1. The van der Waals surface area contributed by atoms with Gasteiger partial charge in [0.05, 0.1) is 5.69 Å². The fraction of sp³-hybridized carbons (Fsp3) is 0.400. The number of aryl methyl sites for hydroxylation is 1. The van der Waals surface area contributed by atoms with Gasteiger partial charge in [0.25, 0.3) is 0 Å². The summed E-state index contributed by atoms with van der Waals surface area (Å²) in [4.78, 5) is 0. The van der Waals surface area contributed by atoms with Gasteiger partial charge in [-0.05, 0) is 30.7 Å². The molecule has 1 heterocycles. The zero-order valence-electron chi connectivity index (χ0n) is 12.0. The van der Waals surface area contributed by atoms with E-state index in [1.54, 1.807) is 11.7 Å². The highest BCUT2D eigenvalue weighted by atomic mass is 19.1. The van der Waals surface area contributed by atoms with Crippen LogP contribution >= 0.6 is 0 Å². The molecule has 0 amide bonds. The van der Waals surface area contributed by atoms with Gasteiger partial charge < -0.3 is 5.32 Å². The molecule has 0 saturated heterocycles. The van der Waals surface area contributed by atoms with Crippen molar-refractivity contribution in [3.8, 4) is 11.3 Å². The summed E-state index contributed by atoms with van der Waals surface area (Å²) in [7, 11) is 1.77. The monoisotopic (exact) mass is 279 g/mol. The third kappa shape index (κ3) is 3.42. The molecule has 0 spiro atoms. The fourth-order valence-corrected chi connectivity index (χ4v) is 2.07. The van der Waals surface area contributed by atoms with Crippen molar-refractivity contribution in [2.75, 3.05) is 6.54 Å². The Morgan fingerprint density at radius 2 is 2.05 bits per heavy atom. The molecule has 0 atom stereocenters. The van der Waals surface area contributed by atoms with Crippen LogP contribution in [-0.2, 0) is 13.6 Å². The fourth-order valence-electron chi connectivity index (χ4n) is 2.07. The number of hydrogen-bond acceptors (Lipinski definition) is 2. The van der Waals surface area contributed by atoms with Crippen molar-refractivity contribution in [3.05, 3.63) is 41.6 Å². The molecule has 1 aromatic carbocycles. The predicted molar refractivity (Wildman–Crippen MR) is 75.1 cm³/mol. The van der Waals surface area contributed by atoms with E-state index < -0.39 is 11.6 Å². The van der Waals surface area contributed by atoms with Crippen molar-refractivity contribution in [1.29, 1.82) is 0 Å². The Morgan fingerprint density at radius 1 is 1.30 bits per heavy atom. The Kier molecular flexibility index (Phi) is 4.49. The summed E-state index contributed by atoms with van der Waals surface area (Å²) >= 11 is 0. The maximum atomic E-state index is 13.9. The topological polar surface area (TPSA) is 29.9 Å². The third-order valence-corrected chi connectivity index (χ3v) is 2.96. The first-order valence-corrected chi connectivity index (χ1v) is 6.66. The summed E-state index contributed by atoms with van der Waals surface area (Å²) < 4.78 is 28.8. The van der Waals surface area contributed by atoms with Gasteiger partial charge in [0.1, 0.15) is 11.6 Å². The minimum Gasteiger partial charge on any atom is -0.312 e. The Labute approximate surface area is 117 Å². The van der Waals surface area contributed by atoms with E-state index in [0.717, 1.165) is 24.2 Å². The first-order chi connectivity index (χ1) is 9.47. The van der Waals surface area contributed by atoms with Crippen molar-refractivity contribution >= 4 is 0 Å². The maximum absolute atomic E-state index is 13.9. The highest BCUT2D eigenvalue weighted by Gasteiger charge is 2.15. The molecule has 0 aliphatic rings. The molecule has 2 aromatic rings. The lowest BCUT2D eigenvalue weighted by Crippen LogP contribution is -2.19. The normalized spacial score (nSPS) is 11.3. The molecule has 2 rings (SSSR count). The summed E-state index contributed by atoms with van der Waals surface area (Å²) in [5.41, 5.74) is 1.55. The lowest BCUT2D eigenvalue weighted by molar-refractivity contribution is 0.552. The minimum atomic E-state index is -0.465. The first-order valence-electron chi connectivity index (χ1n) is 6.66. The van der Waals surface area contributed by atoms with E-state index in [1.807, 2.05) is 6.20 Å². The summed E-state index contributed by atoms with van der Waals surface area (Å²) in [6, 6.07) is 3.42. The Morgan fingerprint density at radius 3 is 2.75 bits per heavy atom. The molecule has 0 aliphatic heterocycles. The minimum absolute atomic E-state index is 0.201. The number of halogens is 2. The van der Waals surface area contributed by atoms with E-state index >= 15 is 0 Å². The van der Waals surface area contributed by atoms with Crippen molar-refractivity contribution in [2.45, 2.75) is 20.4 Å². The number of rotatable bonds is 5. The molecular formula is C15H19F2N3. The molecule has 1 aromatic heterocycles. The van der Waals surface area contributed by atoms with Gasteiger partial charge in [-0.3, -0.25) is 4.68 Å². The number of benzene rings is 1. The molecule has 1 N–H and O–H groups in total. The molecule has 0 radical (unpaired) electrons. The van der Waals surface area contributed by atoms with Gasteiger partial charge in [-0.2, -0.15) is 5.10 Å². The molecule has 0 aliphatic carbocycles. The Bertz CT molecular complexity index is 591. The molecule has 0 saturated carbocycles. The van der Waals surface area contributed by atoms with Crippen LogP contribution < -0.4 is 5.32 Å². The van der Waals surface area contributed by atoms with Gasteiger partial charge in [0.2, 0.25) is 0 Å². The Hall–Kier alpha value is -1.75. The number of nitrogens with zero attached hydrogens (tertiary/aromatic N) is 2. The summed E-state index contributed by atoms with van der Waals surface area (Å²) in [6.45, 7) is 5.67. The smallest absolute Gasteiger partial charge is 0.132 e. The van der Waals surface area contributed by atoms with Crippen LogP contribution in [0.3, 0.4) is 0 Å². The quantitative estimate of drug-likeness (QED) is 0.911. The summed E-state index contributed by atoms with van der Waals surface area (Å²) in [5, 5.41) is 7.54. The van der Waals surface area contributed by atoms with Crippen molar-refractivity contribution in [2.24, 2.45) is 13.0 Å². The van der Waals surface area contributed by atoms with Crippen LogP contribution in [0.2, 0.25) is 0 Å². The first kappa shape index (κ1) is 14.7. The van der Waals surface area contributed by atoms with Gasteiger partial charge in [-0.25, -0.2) is 8.78 Å². The van der Waals surface area contributed by atoms with E-state index in [1.165, 1.54) is 6.07 Å². The highest BCUT2D eigenvalue weighted by molar-refractivity contribution is 5.63. The zero-order chi connectivity index (χ0) is 14.7. The van der Waals surface area contributed by atoms with Gasteiger partial charge in [-0.15, -0.1) is 0 Å². The second-order valence-corrected chi connectivity index (χ2v) is 5.33.